The van der Waals surface area contributed by atoms with E-state index in [1.807, 2.05) is 55.6 Å². The van der Waals surface area contributed by atoms with Gasteiger partial charge in [0.2, 0.25) is 5.91 Å². The molecule has 0 unspecified atom stereocenters. The van der Waals surface area contributed by atoms with E-state index in [4.69, 9.17) is 21.6 Å². The van der Waals surface area contributed by atoms with Gasteiger partial charge < -0.3 is 0 Å². The molecule has 0 fully saturated rings. The van der Waals surface area contributed by atoms with Crippen LogP contribution in [0.5, 0.6) is 0 Å². The number of amides is 1. The maximum Gasteiger partial charge on any atom is 0.230 e. The number of rotatable bonds is 5. The molecule has 0 aliphatic heterocycles. The van der Waals surface area contributed by atoms with Crippen LogP contribution in [-0.2, 0) is 10.5 Å². The quantitative estimate of drug-likeness (QED) is 0.307. The number of thiazole rings is 1. The number of benzene rings is 2. The number of carbonyl (C=O) groups excluding carboxylic acids is 1. The Morgan fingerprint density at radius 2 is 1.93 bits per heavy atom. The monoisotopic (exact) mass is 453 g/mol. The molecule has 0 radical (unpaired) electrons. The van der Waals surface area contributed by atoms with Gasteiger partial charge >= 0.3 is 0 Å². The van der Waals surface area contributed by atoms with Crippen LogP contribution in [0.3, 0.4) is 0 Å². The maximum atomic E-state index is 12.5. The van der Waals surface area contributed by atoms with E-state index in [1.165, 1.54) is 18.3 Å². The van der Waals surface area contributed by atoms with Gasteiger partial charge in [0.05, 0.1) is 26.9 Å². The molecule has 0 spiro atoms. The summed E-state index contributed by atoms with van der Waals surface area (Å²) in [5.41, 5.74) is 4.58. The van der Waals surface area contributed by atoms with Crippen LogP contribution in [0, 0.1) is 13.8 Å². The predicted molar refractivity (Wildman–Crippen MR) is 127 cm³/mol. The summed E-state index contributed by atoms with van der Waals surface area (Å²) in [5, 5.41) is 5.23. The van der Waals surface area contributed by atoms with Crippen molar-refractivity contribution in [1.82, 2.24) is 9.97 Å². The number of aryl methyl sites for hydroxylation is 2. The number of para-hydroxylation sites is 1. The Hall–Kier alpha value is -2.41. The Morgan fingerprint density at radius 3 is 2.70 bits per heavy atom. The van der Waals surface area contributed by atoms with Crippen molar-refractivity contribution in [2.45, 2.75) is 31.6 Å². The summed E-state index contributed by atoms with van der Waals surface area (Å²) in [7, 11) is 0. The summed E-state index contributed by atoms with van der Waals surface area (Å²) < 4.78 is 0. The molecule has 7 heteroatoms. The highest BCUT2D eigenvalue weighted by Crippen LogP contribution is 2.38. The van der Waals surface area contributed by atoms with E-state index in [1.54, 1.807) is 16.7 Å². The molecule has 2 heterocycles. The van der Waals surface area contributed by atoms with E-state index in [9.17, 15) is 4.79 Å². The summed E-state index contributed by atoms with van der Waals surface area (Å²) >= 11 is 9.56. The normalized spacial score (nSPS) is 11.1. The summed E-state index contributed by atoms with van der Waals surface area (Å²) in [6.45, 7) is 5.48. The highest BCUT2D eigenvalue weighted by atomic mass is 35.5. The fourth-order valence-electron chi connectivity index (χ4n) is 3.32. The van der Waals surface area contributed by atoms with Crippen LogP contribution in [0.2, 0.25) is 5.02 Å². The van der Waals surface area contributed by atoms with Crippen LogP contribution in [-0.4, -0.2) is 15.9 Å². The van der Waals surface area contributed by atoms with Crippen LogP contribution >= 0.6 is 34.7 Å². The first-order valence-corrected chi connectivity index (χ1v) is 11.7. The van der Waals surface area contributed by atoms with Crippen molar-refractivity contribution in [2.24, 2.45) is 0 Å². The van der Waals surface area contributed by atoms with Crippen LogP contribution < -0.4 is 4.90 Å². The number of anilines is 2. The molecule has 4 rings (SSSR count). The lowest BCUT2D eigenvalue weighted by Gasteiger charge is -2.22. The van der Waals surface area contributed by atoms with Crippen LogP contribution in [0.15, 0.2) is 58.9 Å². The summed E-state index contributed by atoms with van der Waals surface area (Å²) in [6, 6.07) is 16.1. The maximum absolute atomic E-state index is 12.5. The fourth-order valence-corrected chi connectivity index (χ4v) is 5.47. The zero-order chi connectivity index (χ0) is 21.3. The first-order valence-electron chi connectivity index (χ1n) is 9.43. The van der Waals surface area contributed by atoms with Crippen molar-refractivity contribution in [1.29, 1.82) is 0 Å². The topological polar surface area (TPSA) is 46.1 Å². The minimum atomic E-state index is -0.117. The average Bonchev–Trinajstić information content (AvgIpc) is 3.17. The largest absolute Gasteiger partial charge is 0.274 e. The Morgan fingerprint density at radius 1 is 1.13 bits per heavy atom. The van der Waals surface area contributed by atoms with E-state index >= 15 is 0 Å². The molecule has 0 saturated carbocycles. The zero-order valence-electron chi connectivity index (χ0n) is 16.8. The third kappa shape index (κ3) is 4.36. The van der Waals surface area contributed by atoms with Crippen molar-refractivity contribution in [3.63, 3.8) is 0 Å². The minimum Gasteiger partial charge on any atom is -0.274 e. The molecule has 0 aliphatic rings. The molecule has 0 aliphatic carbocycles. The van der Waals surface area contributed by atoms with Gasteiger partial charge in [0.25, 0.3) is 0 Å². The Kier molecular flexibility index (Phi) is 6.09. The molecule has 0 bridgehead atoms. The van der Waals surface area contributed by atoms with Gasteiger partial charge in [0.15, 0.2) is 5.13 Å². The standard InChI is InChI=1S/C23H20ClN3OS2/c1-14-10-15(2)22(19(24)11-14)27(16(3)28)23-25-18(13-30-23)12-29-21-9-8-17-6-4-5-7-20(17)26-21/h4-11,13H,12H2,1-3H3. The minimum absolute atomic E-state index is 0.117. The fraction of sp³-hybridized carbons (Fsp3) is 0.174. The third-order valence-electron chi connectivity index (χ3n) is 4.61. The second-order valence-corrected chi connectivity index (χ2v) is 9.26. The number of hydrogen-bond donors (Lipinski definition) is 0. The van der Waals surface area contributed by atoms with E-state index in [0.717, 1.165) is 32.7 Å². The van der Waals surface area contributed by atoms with Crippen molar-refractivity contribution in [2.75, 3.05) is 4.90 Å². The van der Waals surface area contributed by atoms with Gasteiger partial charge in [-0.2, -0.15) is 0 Å². The lowest BCUT2D eigenvalue weighted by Crippen LogP contribution is -2.24. The molecule has 2 aromatic heterocycles. The predicted octanol–water partition coefficient (Wildman–Crippen LogP) is 6.94. The highest BCUT2D eigenvalue weighted by Gasteiger charge is 2.22. The first-order chi connectivity index (χ1) is 14.4. The van der Waals surface area contributed by atoms with Crippen LogP contribution in [0.4, 0.5) is 10.8 Å². The third-order valence-corrected chi connectivity index (χ3v) is 6.73. The van der Waals surface area contributed by atoms with Gasteiger partial charge in [-0.25, -0.2) is 9.97 Å². The van der Waals surface area contributed by atoms with Crippen molar-refractivity contribution < 1.29 is 4.79 Å². The van der Waals surface area contributed by atoms with Crippen LogP contribution in [0.25, 0.3) is 10.9 Å². The number of thioether (sulfide) groups is 1. The first kappa shape index (κ1) is 20.8. The Balaban J connectivity index is 1.56. The average molecular weight is 454 g/mol. The Labute approximate surface area is 188 Å². The second-order valence-electron chi connectivity index (χ2n) is 7.02. The van der Waals surface area contributed by atoms with Gasteiger partial charge in [-0.05, 0) is 43.2 Å². The van der Waals surface area contributed by atoms with Gasteiger partial charge in [0, 0.05) is 23.4 Å². The summed E-state index contributed by atoms with van der Waals surface area (Å²) in [4.78, 5) is 23.5. The SMILES string of the molecule is CC(=O)N(c1nc(CSc2ccc3ccccc3n2)cs1)c1c(C)cc(C)cc1Cl. The van der Waals surface area contributed by atoms with Gasteiger partial charge in [-0.1, -0.05) is 53.7 Å². The lowest BCUT2D eigenvalue weighted by atomic mass is 10.1. The molecule has 2 aromatic carbocycles. The molecule has 0 saturated heterocycles. The summed E-state index contributed by atoms with van der Waals surface area (Å²) in [6.07, 6.45) is 0. The lowest BCUT2D eigenvalue weighted by molar-refractivity contribution is -0.115. The number of fused-ring (bicyclic) bond motifs is 1. The molecule has 0 atom stereocenters. The molecular formula is C23H20ClN3OS2. The van der Waals surface area contributed by atoms with E-state index in [0.29, 0.717) is 21.6 Å². The van der Waals surface area contributed by atoms with Gasteiger partial charge in [0.1, 0.15) is 0 Å². The van der Waals surface area contributed by atoms with Crippen molar-refractivity contribution in [3.8, 4) is 0 Å². The van der Waals surface area contributed by atoms with E-state index < -0.39 is 0 Å². The number of hydrogen-bond acceptors (Lipinski definition) is 5. The van der Waals surface area contributed by atoms with E-state index in [2.05, 4.69) is 12.1 Å². The number of nitrogens with zero attached hydrogens (tertiary/aromatic N) is 3. The molecular weight excluding hydrogens is 434 g/mol. The van der Waals surface area contributed by atoms with Gasteiger partial charge in [-0.15, -0.1) is 11.3 Å². The molecule has 0 N–H and O–H groups in total. The zero-order valence-corrected chi connectivity index (χ0v) is 19.2. The molecule has 4 aromatic rings. The smallest absolute Gasteiger partial charge is 0.230 e. The molecule has 1 amide bonds. The number of carbonyl (C=O) groups is 1. The number of aromatic nitrogens is 2. The van der Waals surface area contributed by atoms with Gasteiger partial charge in [-0.3, -0.25) is 9.69 Å². The van der Waals surface area contributed by atoms with Crippen molar-refractivity contribution in [3.05, 3.63) is 75.8 Å². The Bertz CT molecular complexity index is 1220. The second kappa shape index (κ2) is 8.76. The molecule has 30 heavy (non-hydrogen) atoms. The van der Waals surface area contributed by atoms with E-state index in [-0.39, 0.29) is 5.91 Å². The highest BCUT2D eigenvalue weighted by molar-refractivity contribution is 7.98. The molecule has 152 valence electrons. The van der Waals surface area contributed by atoms with Crippen LogP contribution in [0.1, 0.15) is 23.7 Å². The number of halogens is 1. The summed E-state index contributed by atoms with van der Waals surface area (Å²) in [5.74, 6) is 0.558. The van der Waals surface area contributed by atoms with Crippen molar-refractivity contribution >= 4 is 62.3 Å². The number of pyridine rings is 1. The molecule has 4 nitrogen and oxygen atoms in total.